The molecular formula is C26H22N2O4S. The lowest BCUT2D eigenvalue weighted by molar-refractivity contribution is 0.414. The van der Waals surface area contributed by atoms with Crippen LogP contribution in [0.4, 0.5) is 0 Å². The average molecular weight is 459 g/mol. The van der Waals surface area contributed by atoms with Gasteiger partial charge in [-0.2, -0.15) is 0 Å². The van der Waals surface area contributed by atoms with Crippen LogP contribution in [0.15, 0.2) is 87.2 Å². The van der Waals surface area contributed by atoms with E-state index in [9.17, 15) is 4.79 Å². The van der Waals surface area contributed by atoms with Crippen molar-refractivity contribution in [3.05, 3.63) is 94.3 Å². The maximum Gasteiger partial charge on any atom is 0.298 e. The summed E-state index contributed by atoms with van der Waals surface area (Å²) in [5.74, 6) is 2.18. The van der Waals surface area contributed by atoms with Gasteiger partial charge in [0.05, 0.1) is 20.8 Å². The topological polar surface area (TPSA) is 66.5 Å². The van der Waals surface area contributed by atoms with Crippen LogP contribution in [0.5, 0.6) is 11.5 Å². The fourth-order valence-corrected chi connectivity index (χ4v) is 4.70. The van der Waals surface area contributed by atoms with Crippen LogP contribution in [-0.4, -0.2) is 23.8 Å². The maximum absolute atomic E-state index is 13.6. The molecule has 0 aliphatic rings. The van der Waals surface area contributed by atoms with Crippen LogP contribution in [-0.2, 0) is 12.3 Å². The highest BCUT2D eigenvalue weighted by Crippen LogP contribution is 2.29. The summed E-state index contributed by atoms with van der Waals surface area (Å²) in [5.41, 5.74) is 3.33. The smallest absolute Gasteiger partial charge is 0.298 e. The van der Waals surface area contributed by atoms with Crippen LogP contribution in [0.2, 0.25) is 0 Å². The fraction of sp³-hybridized carbons (Fsp3) is 0.154. The molecule has 0 N–H and O–H groups in total. The van der Waals surface area contributed by atoms with Crippen molar-refractivity contribution in [1.82, 2.24) is 9.55 Å². The van der Waals surface area contributed by atoms with Crippen LogP contribution >= 0.6 is 11.8 Å². The Balaban J connectivity index is 1.61. The first kappa shape index (κ1) is 21.2. The van der Waals surface area contributed by atoms with Gasteiger partial charge >= 0.3 is 0 Å². The van der Waals surface area contributed by atoms with Gasteiger partial charge in [0.15, 0.2) is 5.16 Å². The number of methoxy groups -OCH3 is 2. The van der Waals surface area contributed by atoms with E-state index in [0.29, 0.717) is 28.6 Å². The number of benzene rings is 3. The molecule has 0 fully saturated rings. The molecule has 0 saturated heterocycles. The Labute approximate surface area is 194 Å². The number of para-hydroxylation sites is 1. The normalized spacial score (nSPS) is 11.2. The van der Waals surface area contributed by atoms with E-state index in [1.54, 1.807) is 18.8 Å². The van der Waals surface area contributed by atoms with Crippen LogP contribution in [0.25, 0.3) is 22.1 Å². The van der Waals surface area contributed by atoms with E-state index in [1.165, 1.54) is 11.8 Å². The highest BCUT2D eigenvalue weighted by Gasteiger charge is 2.18. The third kappa shape index (κ3) is 4.19. The zero-order chi connectivity index (χ0) is 22.8. The zero-order valence-electron chi connectivity index (χ0n) is 18.3. The molecule has 3 aromatic carbocycles. The zero-order valence-corrected chi connectivity index (χ0v) is 19.1. The summed E-state index contributed by atoms with van der Waals surface area (Å²) in [6, 6.07) is 23.2. The molecule has 7 heteroatoms. The second kappa shape index (κ2) is 9.03. The molecule has 0 aliphatic carbocycles. The SMILES string of the molecule is COc1cccc(CSc2nc3c(oc4ccccc43)c(=O)n2Cc2cccc(OC)c2)c1. The van der Waals surface area contributed by atoms with Crippen molar-refractivity contribution in [1.29, 1.82) is 0 Å². The average Bonchev–Trinajstić information content (AvgIpc) is 3.24. The summed E-state index contributed by atoms with van der Waals surface area (Å²) in [5, 5.41) is 1.46. The van der Waals surface area contributed by atoms with E-state index in [2.05, 4.69) is 0 Å². The Hall–Kier alpha value is -3.71. The summed E-state index contributed by atoms with van der Waals surface area (Å²) < 4.78 is 18.3. The number of thioether (sulfide) groups is 1. The number of hydrogen-bond acceptors (Lipinski definition) is 6. The number of fused-ring (bicyclic) bond motifs is 3. The van der Waals surface area contributed by atoms with Gasteiger partial charge in [-0.05, 0) is 47.5 Å². The third-order valence-electron chi connectivity index (χ3n) is 5.42. The largest absolute Gasteiger partial charge is 0.497 e. The predicted molar refractivity (Wildman–Crippen MR) is 130 cm³/mol. The lowest BCUT2D eigenvalue weighted by Gasteiger charge is -2.13. The van der Waals surface area contributed by atoms with Gasteiger partial charge in [0.1, 0.15) is 22.6 Å². The van der Waals surface area contributed by atoms with Crippen molar-refractivity contribution in [2.24, 2.45) is 0 Å². The molecule has 2 aromatic heterocycles. The van der Waals surface area contributed by atoms with Crippen molar-refractivity contribution in [3.8, 4) is 11.5 Å². The number of ether oxygens (including phenoxy) is 2. The van der Waals surface area contributed by atoms with Crippen molar-refractivity contribution in [2.75, 3.05) is 14.2 Å². The second-order valence-corrected chi connectivity index (χ2v) is 8.50. The number of hydrogen-bond donors (Lipinski definition) is 0. The third-order valence-corrected chi connectivity index (χ3v) is 6.47. The van der Waals surface area contributed by atoms with Gasteiger partial charge in [0.25, 0.3) is 5.56 Å². The number of nitrogens with zero attached hydrogens (tertiary/aromatic N) is 2. The molecular weight excluding hydrogens is 436 g/mol. The molecule has 0 amide bonds. The molecule has 0 saturated carbocycles. The van der Waals surface area contributed by atoms with Gasteiger partial charge < -0.3 is 13.9 Å². The Bertz CT molecular complexity index is 1510. The van der Waals surface area contributed by atoms with Gasteiger partial charge in [-0.15, -0.1) is 0 Å². The van der Waals surface area contributed by atoms with Gasteiger partial charge in [-0.25, -0.2) is 4.98 Å². The van der Waals surface area contributed by atoms with Crippen LogP contribution in [0.1, 0.15) is 11.1 Å². The van der Waals surface area contributed by atoms with E-state index >= 15 is 0 Å². The first-order chi connectivity index (χ1) is 16.2. The first-order valence-electron chi connectivity index (χ1n) is 10.5. The van der Waals surface area contributed by atoms with Gasteiger partial charge in [-0.3, -0.25) is 9.36 Å². The van der Waals surface area contributed by atoms with Gasteiger partial charge in [0, 0.05) is 11.1 Å². The summed E-state index contributed by atoms with van der Waals surface area (Å²) in [4.78, 5) is 18.4. The summed E-state index contributed by atoms with van der Waals surface area (Å²) in [6.45, 7) is 0.358. The number of furan rings is 1. The summed E-state index contributed by atoms with van der Waals surface area (Å²) in [7, 11) is 3.28. The number of aromatic nitrogens is 2. The Morgan fingerprint density at radius 3 is 2.36 bits per heavy atom. The van der Waals surface area contributed by atoms with Gasteiger partial charge in [0.2, 0.25) is 5.58 Å². The van der Waals surface area contributed by atoms with E-state index in [-0.39, 0.29) is 11.1 Å². The fourth-order valence-electron chi connectivity index (χ4n) is 3.77. The number of rotatable bonds is 7. The molecule has 5 rings (SSSR count). The van der Waals surface area contributed by atoms with E-state index < -0.39 is 0 Å². The molecule has 0 spiro atoms. The first-order valence-corrected chi connectivity index (χ1v) is 11.5. The monoisotopic (exact) mass is 458 g/mol. The maximum atomic E-state index is 13.6. The Morgan fingerprint density at radius 2 is 1.61 bits per heavy atom. The van der Waals surface area contributed by atoms with E-state index in [4.69, 9.17) is 18.9 Å². The Morgan fingerprint density at radius 1 is 0.909 bits per heavy atom. The molecule has 0 unspecified atom stereocenters. The van der Waals surface area contributed by atoms with Crippen molar-refractivity contribution in [2.45, 2.75) is 17.5 Å². The molecule has 166 valence electrons. The Kier molecular flexibility index (Phi) is 5.79. The molecule has 0 bridgehead atoms. The summed E-state index contributed by atoms with van der Waals surface area (Å²) in [6.07, 6.45) is 0. The van der Waals surface area contributed by atoms with Crippen molar-refractivity contribution >= 4 is 33.8 Å². The molecule has 5 aromatic rings. The van der Waals surface area contributed by atoms with E-state index in [1.807, 2.05) is 72.8 Å². The molecule has 0 atom stereocenters. The highest BCUT2D eigenvalue weighted by atomic mass is 32.2. The lowest BCUT2D eigenvalue weighted by atomic mass is 10.2. The minimum Gasteiger partial charge on any atom is -0.497 e. The second-order valence-electron chi connectivity index (χ2n) is 7.55. The van der Waals surface area contributed by atoms with Crippen molar-refractivity contribution in [3.63, 3.8) is 0 Å². The summed E-state index contributed by atoms with van der Waals surface area (Å²) >= 11 is 1.51. The predicted octanol–water partition coefficient (Wildman–Crippen LogP) is 5.50. The minimum atomic E-state index is -0.202. The quantitative estimate of drug-likeness (QED) is 0.237. The molecule has 2 heterocycles. The van der Waals surface area contributed by atoms with E-state index in [0.717, 1.165) is 28.0 Å². The standard InChI is InChI=1S/C26H22N2O4S/c1-30-19-9-5-7-17(13-19)15-28-25(29)24-23(21-11-3-4-12-22(21)32-24)27-26(28)33-16-18-8-6-10-20(14-18)31-2/h3-14H,15-16H2,1-2H3. The molecule has 0 radical (unpaired) electrons. The molecule has 0 aliphatic heterocycles. The van der Waals surface area contributed by atoms with Crippen molar-refractivity contribution < 1.29 is 13.9 Å². The van der Waals surface area contributed by atoms with Crippen LogP contribution in [0, 0.1) is 0 Å². The van der Waals surface area contributed by atoms with Crippen LogP contribution < -0.4 is 15.0 Å². The minimum absolute atomic E-state index is 0.202. The molecule has 33 heavy (non-hydrogen) atoms. The highest BCUT2D eigenvalue weighted by molar-refractivity contribution is 7.98. The van der Waals surface area contributed by atoms with Gasteiger partial charge in [-0.1, -0.05) is 48.2 Å². The molecule has 6 nitrogen and oxygen atoms in total. The lowest BCUT2D eigenvalue weighted by Crippen LogP contribution is -2.23. The van der Waals surface area contributed by atoms with Crippen LogP contribution in [0.3, 0.4) is 0 Å².